The van der Waals surface area contributed by atoms with Crippen LogP contribution in [0.1, 0.15) is 0 Å². The van der Waals surface area contributed by atoms with Gasteiger partial charge in [-0.1, -0.05) is 60.7 Å². The van der Waals surface area contributed by atoms with Gasteiger partial charge in [0.2, 0.25) is 0 Å². The molecular weight excluding hydrogens is 368 g/mol. The van der Waals surface area contributed by atoms with Gasteiger partial charge in [0, 0.05) is 11.1 Å². The van der Waals surface area contributed by atoms with E-state index in [0.717, 1.165) is 44.6 Å². The van der Waals surface area contributed by atoms with E-state index in [1.54, 1.807) is 0 Å². The van der Waals surface area contributed by atoms with Crippen LogP contribution in [0.15, 0.2) is 110 Å². The fourth-order valence-corrected chi connectivity index (χ4v) is 4.13. The summed E-state index contributed by atoms with van der Waals surface area (Å²) in [6.45, 7) is 0. The number of fused-ring (bicyclic) bond motifs is 2. The van der Waals surface area contributed by atoms with E-state index in [1.165, 1.54) is 0 Å². The van der Waals surface area contributed by atoms with Crippen LogP contribution in [-0.2, 0) is 0 Å². The molecule has 0 radical (unpaired) electrons. The van der Waals surface area contributed by atoms with Crippen LogP contribution >= 0.6 is 0 Å². The van der Waals surface area contributed by atoms with Crippen molar-refractivity contribution in [1.29, 1.82) is 0 Å². The Bertz CT molecular complexity index is 1390. The van der Waals surface area contributed by atoms with Gasteiger partial charge in [-0.25, -0.2) is 9.97 Å². The SMILES string of the molecule is c1ccc(-n2cnc3ccccc32)c(-c2ccccc2-n2cnc3ccccc32)c1. The highest BCUT2D eigenvalue weighted by molar-refractivity contribution is 5.86. The first-order valence-corrected chi connectivity index (χ1v) is 9.93. The highest BCUT2D eigenvalue weighted by atomic mass is 15.1. The fourth-order valence-electron chi connectivity index (χ4n) is 4.13. The summed E-state index contributed by atoms with van der Waals surface area (Å²) in [5, 5.41) is 0. The summed E-state index contributed by atoms with van der Waals surface area (Å²) in [6, 6.07) is 33.4. The lowest BCUT2D eigenvalue weighted by atomic mass is 10.0. The van der Waals surface area contributed by atoms with Crippen molar-refractivity contribution >= 4 is 22.1 Å². The van der Waals surface area contributed by atoms with Gasteiger partial charge in [-0.3, -0.25) is 9.13 Å². The maximum absolute atomic E-state index is 4.59. The zero-order chi connectivity index (χ0) is 19.9. The lowest BCUT2D eigenvalue weighted by Crippen LogP contribution is -1.99. The van der Waals surface area contributed by atoms with Crippen molar-refractivity contribution in [2.45, 2.75) is 0 Å². The lowest BCUT2D eigenvalue weighted by molar-refractivity contribution is 1.08. The van der Waals surface area contributed by atoms with Gasteiger partial charge in [0.05, 0.1) is 33.4 Å². The van der Waals surface area contributed by atoms with E-state index >= 15 is 0 Å². The number of para-hydroxylation sites is 6. The van der Waals surface area contributed by atoms with Gasteiger partial charge in [0.15, 0.2) is 0 Å². The summed E-state index contributed by atoms with van der Waals surface area (Å²) in [5.41, 5.74) is 8.66. The minimum atomic E-state index is 0.987. The van der Waals surface area contributed by atoms with E-state index in [2.05, 4.69) is 91.9 Å². The molecule has 0 aliphatic heterocycles. The molecule has 4 nitrogen and oxygen atoms in total. The molecule has 0 saturated carbocycles. The molecule has 4 aromatic carbocycles. The van der Waals surface area contributed by atoms with Crippen molar-refractivity contribution in [1.82, 2.24) is 19.1 Å². The second-order valence-corrected chi connectivity index (χ2v) is 7.24. The number of hydrogen-bond acceptors (Lipinski definition) is 2. The van der Waals surface area contributed by atoms with Gasteiger partial charge in [-0.05, 0) is 36.4 Å². The van der Waals surface area contributed by atoms with Gasteiger partial charge in [-0.15, -0.1) is 0 Å². The molecule has 0 atom stereocenters. The minimum Gasteiger partial charge on any atom is -0.298 e. The minimum absolute atomic E-state index is 0.987. The highest BCUT2D eigenvalue weighted by Gasteiger charge is 2.15. The quantitative estimate of drug-likeness (QED) is 0.372. The Hall–Kier alpha value is -4.18. The largest absolute Gasteiger partial charge is 0.298 e. The highest BCUT2D eigenvalue weighted by Crippen LogP contribution is 2.34. The Kier molecular flexibility index (Phi) is 3.74. The van der Waals surface area contributed by atoms with Crippen molar-refractivity contribution in [2.75, 3.05) is 0 Å². The summed E-state index contributed by atoms with van der Waals surface area (Å²) >= 11 is 0. The maximum atomic E-state index is 4.59. The van der Waals surface area contributed by atoms with Crippen LogP contribution in [-0.4, -0.2) is 19.1 Å². The predicted octanol–water partition coefficient (Wildman–Crippen LogP) is 6.03. The molecule has 0 bridgehead atoms. The zero-order valence-corrected chi connectivity index (χ0v) is 16.2. The van der Waals surface area contributed by atoms with Crippen LogP contribution in [0.25, 0.3) is 44.6 Å². The molecule has 0 fully saturated rings. The molecule has 6 aromatic rings. The number of imidazole rings is 2. The molecule has 0 aliphatic carbocycles. The zero-order valence-electron chi connectivity index (χ0n) is 16.2. The van der Waals surface area contributed by atoms with Crippen LogP contribution in [0.5, 0.6) is 0 Å². The standard InChI is InChI=1S/C26H18N4/c1-5-13-23(29-17-27-21-11-3-7-15-25(21)29)19(9-1)20-10-2-6-14-24(20)30-18-28-22-12-4-8-16-26(22)30/h1-18H. The van der Waals surface area contributed by atoms with E-state index < -0.39 is 0 Å². The van der Waals surface area contributed by atoms with Gasteiger partial charge in [0.25, 0.3) is 0 Å². The van der Waals surface area contributed by atoms with Crippen molar-refractivity contribution in [3.8, 4) is 22.5 Å². The van der Waals surface area contributed by atoms with E-state index in [1.807, 2.05) is 36.9 Å². The van der Waals surface area contributed by atoms with Crippen LogP contribution in [0, 0.1) is 0 Å². The summed E-state index contributed by atoms with van der Waals surface area (Å²) in [5.74, 6) is 0. The monoisotopic (exact) mass is 386 g/mol. The first kappa shape index (κ1) is 16.7. The normalized spacial score (nSPS) is 11.3. The molecule has 2 aromatic heterocycles. The van der Waals surface area contributed by atoms with E-state index in [0.29, 0.717) is 0 Å². The van der Waals surface area contributed by atoms with Crippen molar-refractivity contribution < 1.29 is 0 Å². The van der Waals surface area contributed by atoms with Gasteiger partial charge >= 0.3 is 0 Å². The Morgan fingerprint density at radius 1 is 0.433 bits per heavy atom. The first-order chi connectivity index (χ1) is 14.9. The third-order valence-electron chi connectivity index (χ3n) is 5.52. The molecule has 4 heteroatoms. The topological polar surface area (TPSA) is 35.6 Å². The van der Waals surface area contributed by atoms with Crippen LogP contribution < -0.4 is 0 Å². The van der Waals surface area contributed by atoms with Gasteiger partial charge in [0.1, 0.15) is 12.7 Å². The molecule has 2 heterocycles. The summed E-state index contributed by atoms with van der Waals surface area (Å²) < 4.78 is 4.32. The molecular formula is C26H18N4. The Labute approximate surface area is 173 Å². The first-order valence-electron chi connectivity index (χ1n) is 9.93. The maximum Gasteiger partial charge on any atom is 0.100 e. The van der Waals surface area contributed by atoms with Crippen molar-refractivity contribution in [3.63, 3.8) is 0 Å². The number of hydrogen-bond donors (Lipinski definition) is 0. The second kappa shape index (κ2) is 6.71. The summed E-state index contributed by atoms with van der Waals surface area (Å²) in [7, 11) is 0. The van der Waals surface area contributed by atoms with E-state index in [-0.39, 0.29) is 0 Å². The van der Waals surface area contributed by atoms with Crippen LogP contribution in [0.3, 0.4) is 0 Å². The van der Waals surface area contributed by atoms with Crippen LogP contribution in [0.4, 0.5) is 0 Å². The summed E-state index contributed by atoms with van der Waals surface area (Å²) in [6.07, 6.45) is 3.80. The van der Waals surface area contributed by atoms with Crippen LogP contribution in [0.2, 0.25) is 0 Å². The molecule has 30 heavy (non-hydrogen) atoms. The average Bonchev–Trinajstić information content (AvgIpc) is 3.44. The number of nitrogens with zero attached hydrogens (tertiary/aromatic N) is 4. The smallest absolute Gasteiger partial charge is 0.100 e. The molecule has 0 N–H and O–H groups in total. The molecule has 0 aliphatic rings. The van der Waals surface area contributed by atoms with Gasteiger partial charge in [-0.2, -0.15) is 0 Å². The van der Waals surface area contributed by atoms with Crippen molar-refractivity contribution in [2.24, 2.45) is 0 Å². The third kappa shape index (κ3) is 2.54. The lowest BCUT2D eigenvalue weighted by Gasteiger charge is -2.16. The fraction of sp³-hybridized carbons (Fsp3) is 0. The van der Waals surface area contributed by atoms with Gasteiger partial charge < -0.3 is 0 Å². The number of benzene rings is 4. The molecule has 0 saturated heterocycles. The van der Waals surface area contributed by atoms with E-state index in [4.69, 9.17) is 0 Å². The number of rotatable bonds is 3. The molecule has 0 unspecified atom stereocenters. The predicted molar refractivity (Wildman–Crippen MR) is 121 cm³/mol. The Morgan fingerprint density at radius 2 is 0.833 bits per heavy atom. The molecule has 142 valence electrons. The summed E-state index contributed by atoms with van der Waals surface area (Å²) in [4.78, 5) is 9.18. The molecule has 0 spiro atoms. The Morgan fingerprint density at radius 3 is 1.33 bits per heavy atom. The third-order valence-corrected chi connectivity index (χ3v) is 5.52. The van der Waals surface area contributed by atoms with Crippen molar-refractivity contribution in [3.05, 3.63) is 110 Å². The number of aromatic nitrogens is 4. The van der Waals surface area contributed by atoms with E-state index in [9.17, 15) is 0 Å². The Balaban J connectivity index is 1.61. The average molecular weight is 386 g/mol. The molecule has 0 amide bonds. The second-order valence-electron chi connectivity index (χ2n) is 7.24. The molecule has 6 rings (SSSR count).